The molecule has 106 heavy (non-hydrogen) atoms. The summed E-state index contributed by atoms with van der Waals surface area (Å²) in [6.45, 7) is 4.09. The highest BCUT2D eigenvalue weighted by molar-refractivity contribution is 7.47. The standard InChI is InChI=1S/C87H134O17P2/c1-5-9-13-17-21-25-29-33-37-39-40-42-46-48-52-56-60-64-68-72-85(90)98-78-83(104-87(92)74-70-66-62-58-54-50-44-36-32-28-24-20-16-12-8-4)80-102-106(95,96)100-76-81(88)75-99-105(93,94)101-79-82(103-86(91)73-69-65-61-57-53-49-43-35-31-27-23-19-15-11-7-3)77-97-84(89)71-67-63-59-55-51-47-45-41-38-34-30-26-22-18-14-10-6-2/h9-16,21-28,33-38,40,42-45,47,53-54,57-58,65-66,69-70,81-83,88H,5-8,17-20,29-32,39,41,46,48-52,55-56,59-64,67-68,71-80H2,1-4H3,(H,93,94)(H,95,96)/b13-9-,14-10-,15-11-,16-12-,25-21-,26-22-,27-23-,28-24-,37-33-,38-34-,42-40-,43-35-,44-36-,47-45-,57-53-,58-54-,69-65-,70-66-. The zero-order valence-corrected chi connectivity index (χ0v) is 66.5. The zero-order valence-electron chi connectivity index (χ0n) is 64.8. The van der Waals surface area contributed by atoms with E-state index in [9.17, 15) is 43.2 Å². The van der Waals surface area contributed by atoms with E-state index >= 15 is 0 Å². The van der Waals surface area contributed by atoms with Gasteiger partial charge in [-0.1, -0.05) is 285 Å². The second kappa shape index (κ2) is 76.6. The molecule has 17 nitrogen and oxygen atoms in total. The Kier molecular flexibility index (Phi) is 71.8. The highest BCUT2D eigenvalue weighted by Crippen LogP contribution is 2.45. The number of phosphoric ester groups is 2. The van der Waals surface area contributed by atoms with Crippen LogP contribution in [0.5, 0.6) is 0 Å². The molecular formula is C87H134O17P2. The number of unbranched alkanes of at least 4 members (excludes halogenated alkanes) is 10. The summed E-state index contributed by atoms with van der Waals surface area (Å²) in [5, 5.41) is 10.6. The van der Waals surface area contributed by atoms with Crippen molar-refractivity contribution in [3.8, 4) is 0 Å². The van der Waals surface area contributed by atoms with E-state index in [2.05, 4.69) is 198 Å². The molecule has 0 aromatic rings. The molecule has 594 valence electrons. The van der Waals surface area contributed by atoms with Crippen molar-refractivity contribution in [1.29, 1.82) is 0 Å². The van der Waals surface area contributed by atoms with Crippen LogP contribution in [-0.2, 0) is 65.4 Å². The van der Waals surface area contributed by atoms with E-state index in [1.165, 1.54) is 0 Å². The van der Waals surface area contributed by atoms with Gasteiger partial charge in [0.2, 0.25) is 0 Å². The van der Waals surface area contributed by atoms with Crippen molar-refractivity contribution in [2.45, 2.75) is 264 Å². The third-order valence-electron chi connectivity index (χ3n) is 15.0. The zero-order chi connectivity index (χ0) is 77.4. The number of aliphatic hydroxyl groups is 1. The van der Waals surface area contributed by atoms with E-state index in [1.807, 2.05) is 24.3 Å². The normalized spacial score (nSPS) is 15.0. The average Bonchev–Trinajstić information content (AvgIpc) is 0.902. The Balaban J connectivity index is 5.55. The first kappa shape index (κ1) is 99.4. The van der Waals surface area contributed by atoms with Gasteiger partial charge >= 0.3 is 39.5 Å². The van der Waals surface area contributed by atoms with Gasteiger partial charge in [-0.25, -0.2) is 9.13 Å². The van der Waals surface area contributed by atoms with Gasteiger partial charge in [-0.15, -0.1) is 0 Å². The molecule has 5 unspecified atom stereocenters. The van der Waals surface area contributed by atoms with Crippen LogP contribution in [0.3, 0.4) is 0 Å². The van der Waals surface area contributed by atoms with E-state index in [-0.39, 0.29) is 25.7 Å². The highest BCUT2D eigenvalue weighted by atomic mass is 31.2. The number of esters is 4. The number of carbonyl (C=O) groups excluding carboxylic acids is 4. The SMILES string of the molecule is CC/C=C\C/C=C\C/C=C\C/C=C\C/C=C\CC(=O)OC(COC(=O)CCCCCC/C=C\C/C=C\C/C=C\C/C=C\CC)COP(=O)(O)OCC(O)COP(=O)(O)OCC(COC(=O)CCCCCCCC/C=C\C/C=C\C/C=C\C/C=C\CC)OC(=O)C/C=C\C/C=C\C/C=C\C/C=C\C/C=C\CC. The van der Waals surface area contributed by atoms with E-state index in [1.54, 1.807) is 24.3 Å². The van der Waals surface area contributed by atoms with Crippen LogP contribution >= 0.6 is 15.6 Å². The number of carbonyl (C=O) groups is 4. The molecule has 0 saturated carbocycles. The molecule has 0 amide bonds. The number of aliphatic hydroxyl groups excluding tert-OH is 1. The van der Waals surface area contributed by atoms with Crippen molar-refractivity contribution >= 4 is 39.5 Å². The summed E-state index contributed by atoms with van der Waals surface area (Å²) < 4.78 is 68.2. The smallest absolute Gasteiger partial charge is 0.462 e. The van der Waals surface area contributed by atoms with E-state index in [4.69, 9.17) is 37.0 Å². The van der Waals surface area contributed by atoms with Crippen LogP contribution in [0.15, 0.2) is 219 Å². The van der Waals surface area contributed by atoms with E-state index in [0.717, 1.165) is 167 Å². The van der Waals surface area contributed by atoms with Crippen molar-refractivity contribution in [1.82, 2.24) is 0 Å². The molecule has 0 heterocycles. The maximum atomic E-state index is 13.1. The first-order valence-electron chi connectivity index (χ1n) is 39.0. The van der Waals surface area contributed by atoms with E-state index in [0.29, 0.717) is 25.7 Å². The minimum absolute atomic E-state index is 0.102. The molecule has 0 aromatic carbocycles. The second-order valence-electron chi connectivity index (χ2n) is 24.8. The van der Waals surface area contributed by atoms with Gasteiger partial charge in [0, 0.05) is 12.8 Å². The largest absolute Gasteiger partial charge is 0.472 e. The molecule has 0 aliphatic heterocycles. The maximum Gasteiger partial charge on any atom is 0.472 e. The topological polar surface area (TPSA) is 237 Å². The average molecular weight is 1510 g/mol. The molecule has 0 radical (unpaired) electrons. The van der Waals surface area contributed by atoms with Crippen molar-refractivity contribution in [3.05, 3.63) is 219 Å². The first-order valence-corrected chi connectivity index (χ1v) is 42.0. The van der Waals surface area contributed by atoms with Crippen LogP contribution in [0.2, 0.25) is 0 Å². The molecule has 0 fully saturated rings. The van der Waals surface area contributed by atoms with Gasteiger partial charge in [0.15, 0.2) is 12.2 Å². The number of hydrogen-bond donors (Lipinski definition) is 3. The van der Waals surface area contributed by atoms with Crippen LogP contribution in [0.4, 0.5) is 0 Å². The maximum absolute atomic E-state index is 13.1. The van der Waals surface area contributed by atoms with Gasteiger partial charge in [-0.3, -0.25) is 37.3 Å². The van der Waals surface area contributed by atoms with Crippen molar-refractivity contribution in [2.24, 2.45) is 0 Å². The minimum atomic E-state index is -5.03. The predicted molar refractivity (Wildman–Crippen MR) is 435 cm³/mol. The molecule has 0 saturated heterocycles. The lowest BCUT2D eigenvalue weighted by atomic mass is 10.1. The number of hydrogen-bond acceptors (Lipinski definition) is 15. The van der Waals surface area contributed by atoms with Crippen LogP contribution in [-0.4, -0.2) is 96.7 Å². The van der Waals surface area contributed by atoms with Gasteiger partial charge in [-0.2, -0.15) is 0 Å². The summed E-state index contributed by atoms with van der Waals surface area (Å²) in [6.07, 6.45) is 97.0. The molecule has 0 rings (SSSR count). The quantitative estimate of drug-likeness (QED) is 0.0169. The molecule has 0 aromatic heterocycles. The molecule has 3 N–H and O–H groups in total. The Morgan fingerprint density at radius 2 is 0.491 bits per heavy atom. The Bertz CT molecular complexity index is 2880. The molecule has 5 atom stereocenters. The lowest BCUT2D eigenvalue weighted by molar-refractivity contribution is -0.160. The monoisotopic (exact) mass is 1510 g/mol. The van der Waals surface area contributed by atoms with Gasteiger partial charge in [-0.05, 0) is 154 Å². The van der Waals surface area contributed by atoms with Gasteiger partial charge < -0.3 is 33.8 Å². The summed E-state index contributed by atoms with van der Waals surface area (Å²) in [7, 11) is -10.1. The molecule has 0 bridgehead atoms. The Hall–Kier alpha value is -6.62. The fraction of sp³-hybridized carbons (Fsp3) is 0.540. The summed E-state index contributed by atoms with van der Waals surface area (Å²) in [5.74, 6) is -2.55. The summed E-state index contributed by atoms with van der Waals surface area (Å²) >= 11 is 0. The van der Waals surface area contributed by atoms with Crippen LogP contribution in [0, 0.1) is 0 Å². The Morgan fingerprint density at radius 3 is 0.755 bits per heavy atom. The lowest BCUT2D eigenvalue weighted by Crippen LogP contribution is -2.30. The van der Waals surface area contributed by atoms with Crippen molar-refractivity contribution < 1.29 is 80.2 Å². The van der Waals surface area contributed by atoms with Crippen LogP contribution in [0.25, 0.3) is 0 Å². The lowest BCUT2D eigenvalue weighted by Gasteiger charge is -2.21. The van der Waals surface area contributed by atoms with Crippen LogP contribution in [0.1, 0.15) is 246 Å². The molecule has 0 aliphatic carbocycles. The molecule has 0 spiro atoms. The summed E-state index contributed by atoms with van der Waals surface area (Å²) in [5.41, 5.74) is 0. The summed E-state index contributed by atoms with van der Waals surface area (Å²) in [6, 6.07) is 0. The molecular weight excluding hydrogens is 1380 g/mol. The first-order chi connectivity index (χ1) is 51.7. The van der Waals surface area contributed by atoms with Gasteiger partial charge in [0.1, 0.15) is 19.3 Å². The number of rotatable bonds is 70. The van der Waals surface area contributed by atoms with Crippen molar-refractivity contribution in [3.63, 3.8) is 0 Å². The van der Waals surface area contributed by atoms with E-state index < -0.39 is 97.5 Å². The number of phosphoric acid groups is 2. The second-order valence-corrected chi connectivity index (χ2v) is 27.7. The Morgan fingerprint density at radius 1 is 0.274 bits per heavy atom. The number of ether oxygens (including phenoxy) is 4. The molecule has 0 aliphatic rings. The summed E-state index contributed by atoms with van der Waals surface area (Å²) in [4.78, 5) is 72.9. The van der Waals surface area contributed by atoms with Crippen LogP contribution < -0.4 is 0 Å². The minimum Gasteiger partial charge on any atom is -0.462 e. The van der Waals surface area contributed by atoms with Gasteiger partial charge in [0.25, 0.3) is 0 Å². The Labute approximate surface area is 639 Å². The number of allylic oxidation sites excluding steroid dienone is 34. The fourth-order valence-electron chi connectivity index (χ4n) is 9.23. The van der Waals surface area contributed by atoms with Crippen molar-refractivity contribution in [2.75, 3.05) is 39.6 Å². The predicted octanol–water partition coefficient (Wildman–Crippen LogP) is 22.9. The highest BCUT2D eigenvalue weighted by Gasteiger charge is 2.30. The fourth-order valence-corrected chi connectivity index (χ4v) is 10.8. The third-order valence-corrected chi connectivity index (χ3v) is 16.9. The third kappa shape index (κ3) is 75.6. The van der Waals surface area contributed by atoms with Gasteiger partial charge in [0.05, 0.1) is 39.3 Å². The molecule has 19 heteroatoms.